The molecule has 1 saturated heterocycles. The number of aryl methyl sites for hydroxylation is 1. The quantitative estimate of drug-likeness (QED) is 0.539. The second kappa shape index (κ2) is 8.51. The lowest BCUT2D eigenvalue weighted by atomic mass is 10.2. The van der Waals surface area contributed by atoms with Gasteiger partial charge in [-0.2, -0.15) is 4.98 Å². The van der Waals surface area contributed by atoms with Crippen molar-refractivity contribution in [2.45, 2.75) is 34.8 Å². The average molecular weight is 475 g/mol. The Labute approximate surface area is 186 Å². The van der Waals surface area contributed by atoms with E-state index < -0.39 is 41.5 Å². The molecule has 0 spiro atoms. The molecule has 1 fully saturated rings. The van der Waals surface area contributed by atoms with E-state index in [-0.39, 0.29) is 10.8 Å². The molecular formula is C22H22N2O6S2. The number of aromatic nitrogens is 1. The molecule has 0 bridgehead atoms. The Morgan fingerprint density at radius 3 is 2.22 bits per heavy atom. The molecule has 2 heterocycles. The molecule has 0 unspecified atom stereocenters. The molecule has 0 aliphatic carbocycles. The number of rotatable bonds is 6. The van der Waals surface area contributed by atoms with Gasteiger partial charge >= 0.3 is 0 Å². The molecule has 2 aromatic carbocycles. The minimum absolute atomic E-state index is 0.113. The molecule has 0 N–H and O–H groups in total. The summed E-state index contributed by atoms with van der Waals surface area (Å²) in [5, 5.41) is -1.53. The van der Waals surface area contributed by atoms with Crippen molar-refractivity contribution in [2.75, 3.05) is 18.8 Å². The smallest absolute Gasteiger partial charge is 0.258 e. The number of benzene rings is 2. The Hall–Kier alpha value is -2.98. The van der Waals surface area contributed by atoms with E-state index in [1.165, 1.54) is 17.0 Å². The lowest BCUT2D eigenvalue weighted by molar-refractivity contribution is -0.127. The summed E-state index contributed by atoms with van der Waals surface area (Å²) in [6.07, 6.45) is 1.61. The standard InChI is InChI=1S/C22H22N2O6S2/c1-16-9-11-18(12-10-16)32(28,29)21-22(30-20(23-21)17-7-3-2-4-8-17)31(26,27)15-19(25)24-13-5-6-14-24/h2-4,7-12H,5-6,13-15H2,1H3. The summed E-state index contributed by atoms with van der Waals surface area (Å²) >= 11 is 0. The van der Waals surface area contributed by atoms with Crippen molar-refractivity contribution < 1.29 is 26.0 Å². The van der Waals surface area contributed by atoms with E-state index in [4.69, 9.17) is 4.42 Å². The van der Waals surface area contributed by atoms with Crippen LogP contribution in [0.2, 0.25) is 0 Å². The van der Waals surface area contributed by atoms with Crippen molar-refractivity contribution in [3.8, 4) is 11.5 Å². The lowest BCUT2D eigenvalue weighted by Crippen LogP contribution is -2.33. The predicted octanol–water partition coefficient (Wildman–Crippen LogP) is 2.88. The predicted molar refractivity (Wildman–Crippen MR) is 116 cm³/mol. The van der Waals surface area contributed by atoms with Crippen LogP contribution in [0.15, 0.2) is 74.0 Å². The van der Waals surface area contributed by atoms with Crippen molar-refractivity contribution in [1.29, 1.82) is 0 Å². The van der Waals surface area contributed by atoms with Crippen LogP contribution in [0, 0.1) is 6.92 Å². The van der Waals surface area contributed by atoms with Crippen molar-refractivity contribution >= 4 is 25.6 Å². The van der Waals surface area contributed by atoms with Crippen LogP contribution < -0.4 is 0 Å². The van der Waals surface area contributed by atoms with E-state index in [0.717, 1.165) is 18.4 Å². The van der Waals surface area contributed by atoms with Gasteiger partial charge in [-0.05, 0) is 44.0 Å². The van der Waals surface area contributed by atoms with Crippen LogP contribution in [-0.2, 0) is 24.5 Å². The van der Waals surface area contributed by atoms with Crippen molar-refractivity contribution in [3.05, 3.63) is 60.2 Å². The van der Waals surface area contributed by atoms with Gasteiger partial charge in [0.05, 0.1) is 4.90 Å². The summed E-state index contributed by atoms with van der Waals surface area (Å²) in [5.74, 6) is -1.62. The Morgan fingerprint density at radius 1 is 0.969 bits per heavy atom. The van der Waals surface area contributed by atoms with E-state index in [2.05, 4.69) is 4.98 Å². The summed E-state index contributed by atoms with van der Waals surface area (Å²) in [6, 6.07) is 14.4. The van der Waals surface area contributed by atoms with Crippen LogP contribution in [0.1, 0.15) is 18.4 Å². The zero-order valence-corrected chi connectivity index (χ0v) is 19.0. The third-order valence-corrected chi connectivity index (χ3v) is 8.50. The molecule has 10 heteroatoms. The van der Waals surface area contributed by atoms with Crippen LogP contribution in [-0.4, -0.2) is 51.5 Å². The molecule has 168 valence electrons. The lowest BCUT2D eigenvalue weighted by Gasteiger charge is -2.14. The largest absolute Gasteiger partial charge is 0.423 e. The summed E-state index contributed by atoms with van der Waals surface area (Å²) in [4.78, 5) is 17.9. The highest BCUT2D eigenvalue weighted by Crippen LogP contribution is 2.32. The van der Waals surface area contributed by atoms with Crippen LogP contribution >= 0.6 is 0 Å². The Kier molecular flexibility index (Phi) is 5.91. The highest BCUT2D eigenvalue weighted by molar-refractivity contribution is 7.94. The van der Waals surface area contributed by atoms with Crippen LogP contribution in [0.25, 0.3) is 11.5 Å². The minimum Gasteiger partial charge on any atom is -0.423 e. The van der Waals surface area contributed by atoms with Gasteiger partial charge in [0.15, 0.2) is 0 Å². The van der Waals surface area contributed by atoms with Crippen molar-refractivity contribution in [3.63, 3.8) is 0 Å². The summed E-state index contributed by atoms with van der Waals surface area (Å²) in [5.41, 5.74) is 1.26. The molecule has 1 amide bonds. The molecule has 8 nitrogen and oxygen atoms in total. The fourth-order valence-electron chi connectivity index (χ4n) is 3.48. The van der Waals surface area contributed by atoms with E-state index in [0.29, 0.717) is 18.7 Å². The van der Waals surface area contributed by atoms with Gasteiger partial charge in [-0.15, -0.1) is 0 Å². The van der Waals surface area contributed by atoms with Gasteiger partial charge in [-0.1, -0.05) is 35.9 Å². The van der Waals surface area contributed by atoms with Gasteiger partial charge in [-0.25, -0.2) is 16.8 Å². The monoisotopic (exact) mass is 474 g/mol. The number of hydrogen-bond acceptors (Lipinski definition) is 7. The van der Waals surface area contributed by atoms with Crippen molar-refractivity contribution in [1.82, 2.24) is 9.88 Å². The summed E-state index contributed by atoms with van der Waals surface area (Å²) < 4.78 is 58.4. The molecule has 1 aliphatic rings. The molecule has 32 heavy (non-hydrogen) atoms. The maximum Gasteiger partial charge on any atom is 0.258 e. The third-order valence-electron chi connectivity index (χ3n) is 5.23. The Bertz CT molecular complexity index is 1340. The van der Waals surface area contributed by atoms with Crippen LogP contribution in [0.4, 0.5) is 0 Å². The van der Waals surface area contributed by atoms with Gasteiger partial charge in [0.2, 0.25) is 36.5 Å². The second-order valence-corrected chi connectivity index (χ2v) is 11.4. The van der Waals surface area contributed by atoms with E-state index in [9.17, 15) is 21.6 Å². The Morgan fingerprint density at radius 2 is 1.59 bits per heavy atom. The normalized spacial score (nSPS) is 14.6. The van der Waals surface area contributed by atoms with E-state index >= 15 is 0 Å². The van der Waals surface area contributed by atoms with Gasteiger partial charge < -0.3 is 9.32 Å². The fourth-order valence-corrected chi connectivity index (χ4v) is 6.53. The number of carbonyl (C=O) groups excluding carboxylic acids is 1. The Balaban J connectivity index is 1.82. The maximum atomic E-state index is 13.3. The number of carbonyl (C=O) groups is 1. The topological polar surface area (TPSA) is 115 Å². The van der Waals surface area contributed by atoms with Crippen LogP contribution in [0.5, 0.6) is 0 Å². The minimum atomic E-state index is -4.41. The number of nitrogens with zero attached hydrogens (tertiary/aromatic N) is 2. The van der Waals surface area contributed by atoms with Gasteiger partial charge in [0, 0.05) is 18.7 Å². The first kappa shape index (κ1) is 22.2. The van der Waals surface area contributed by atoms with Gasteiger partial charge in [0.25, 0.3) is 5.09 Å². The highest BCUT2D eigenvalue weighted by Gasteiger charge is 2.37. The molecule has 1 aliphatic heterocycles. The molecular weight excluding hydrogens is 452 g/mol. The van der Waals surface area contributed by atoms with E-state index in [1.807, 2.05) is 0 Å². The summed E-state index contributed by atoms with van der Waals surface area (Å²) in [6.45, 7) is 2.77. The fraction of sp³-hybridized carbons (Fsp3) is 0.273. The van der Waals surface area contributed by atoms with Crippen LogP contribution in [0.3, 0.4) is 0 Å². The van der Waals surface area contributed by atoms with E-state index in [1.54, 1.807) is 49.4 Å². The first-order valence-corrected chi connectivity index (χ1v) is 13.2. The zero-order chi connectivity index (χ0) is 22.9. The molecule has 4 rings (SSSR count). The third kappa shape index (κ3) is 4.33. The molecule has 1 aromatic heterocycles. The molecule has 3 aromatic rings. The second-order valence-electron chi connectivity index (χ2n) is 7.64. The number of oxazole rings is 1. The van der Waals surface area contributed by atoms with Gasteiger partial charge in [0.1, 0.15) is 5.75 Å². The number of likely N-dealkylation sites (tertiary alicyclic amines) is 1. The maximum absolute atomic E-state index is 13.3. The first-order chi connectivity index (χ1) is 15.2. The number of sulfone groups is 2. The SMILES string of the molecule is Cc1ccc(S(=O)(=O)c2nc(-c3ccccc3)oc2S(=O)(=O)CC(=O)N2CCCC2)cc1. The highest BCUT2D eigenvalue weighted by atomic mass is 32.2. The first-order valence-electron chi connectivity index (χ1n) is 10.1. The zero-order valence-electron chi connectivity index (χ0n) is 17.4. The molecule has 0 atom stereocenters. The molecule has 0 radical (unpaired) electrons. The number of hydrogen-bond donors (Lipinski definition) is 0. The van der Waals surface area contributed by atoms with Gasteiger partial charge in [-0.3, -0.25) is 4.79 Å². The molecule has 0 saturated carbocycles. The summed E-state index contributed by atoms with van der Waals surface area (Å²) in [7, 11) is -8.73. The van der Waals surface area contributed by atoms with Crippen molar-refractivity contribution in [2.24, 2.45) is 0 Å². The number of amides is 1. The average Bonchev–Trinajstić information content (AvgIpc) is 3.45.